The summed E-state index contributed by atoms with van der Waals surface area (Å²) < 4.78 is 45.6. The van der Waals surface area contributed by atoms with Gasteiger partial charge >= 0.3 is 0 Å². The van der Waals surface area contributed by atoms with Crippen LogP contribution in [-0.4, -0.2) is 32.1 Å². The Morgan fingerprint density at radius 3 is 2.28 bits per heavy atom. The third-order valence-electron chi connectivity index (χ3n) is 4.27. The maximum atomic E-state index is 13.7. The van der Waals surface area contributed by atoms with Crippen molar-refractivity contribution in [2.75, 3.05) is 25.5 Å². The molecule has 2 aromatic rings. The van der Waals surface area contributed by atoms with E-state index in [0.29, 0.717) is 18.5 Å². The van der Waals surface area contributed by atoms with Gasteiger partial charge in [-0.25, -0.2) is 13.2 Å². The van der Waals surface area contributed by atoms with Crippen molar-refractivity contribution in [1.82, 2.24) is 10.6 Å². The lowest BCUT2D eigenvalue weighted by molar-refractivity contribution is -0.115. The molecule has 0 saturated heterocycles. The number of anilines is 1. The molecule has 0 spiro atoms. The van der Waals surface area contributed by atoms with Crippen LogP contribution in [0.3, 0.4) is 0 Å². The van der Waals surface area contributed by atoms with Gasteiger partial charge < -0.3 is 20.7 Å². The molecule has 2 rings (SSSR count). The van der Waals surface area contributed by atoms with Crippen molar-refractivity contribution in [2.45, 2.75) is 26.8 Å². The van der Waals surface area contributed by atoms with Gasteiger partial charge in [-0.2, -0.15) is 0 Å². The Hall–Kier alpha value is -2.50. The van der Waals surface area contributed by atoms with Crippen molar-refractivity contribution >= 4 is 41.5 Å². The zero-order valence-electron chi connectivity index (χ0n) is 18.3. The van der Waals surface area contributed by atoms with Gasteiger partial charge in [-0.1, -0.05) is 26.0 Å². The molecule has 176 valence electrons. The Labute approximate surface area is 203 Å². The number of guanidine groups is 1. The summed E-state index contributed by atoms with van der Waals surface area (Å²) in [7, 11) is 1.54. The third kappa shape index (κ3) is 8.21. The number of benzene rings is 2. The van der Waals surface area contributed by atoms with E-state index in [1.54, 1.807) is 0 Å². The van der Waals surface area contributed by atoms with E-state index in [1.807, 2.05) is 31.2 Å². The predicted octanol–water partition coefficient (Wildman–Crippen LogP) is 4.62. The van der Waals surface area contributed by atoms with Crippen LogP contribution in [0.1, 0.15) is 32.4 Å². The van der Waals surface area contributed by atoms with Crippen LogP contribution in [0.5, 0.6) is 5.75 Å². The standard InChI is InChI=1S/C22H27F3N4O2.HI/c1-13(2)12-31-16-7-5-15(6-8-16)14(3)28-22(26-4)27-11-19(30)29-18-10-9-17(23)20(24)21(18)25;/h5-10,13-14H,11-12H2,1-4H3,(H,29,30)(H2,26,27,28);1H. The van der Waals surface area contributed by atoms with Crippen LogP contribution in [0.15, 0.2) is 41.4 Å². The normalized spacial score (nSPS) is 12.1. The number of nitrogens with zero attached hydrogens (tertiary/aromatic N) is 1. The number of aliphatic imine (C=N–C) groups is 1. The molecule has 32 heavy (non-hydrogen) atoms. The molecular formula is C22H28F3IN4O2. The number of rotatable bonds is 8. The van der Waals surface area contributed by atoms with Crippen molar-refractivity contribution in [3.8, 4) is 5.75 Å². The number of nitrogens with one attached hydrogen (secondary N) is 3. The molecule has 6 nitrogen and oxygen atoms in total. The molecule has 0 saturated carbocycles. The highest BCUT2D eigenvalue weighted by Crippen LogP contribution is 2.20. The molecule has 0 bridgehead atoms. The monoisotopic (exact) mass is 564 g/mol. The van der Waals surface area contributed by atoms with Crippen LogP contribution < -0.4 is 20.7 Å². The van der Waals surface area contributed by atoms with Gasteiger partial charge in [-0.05, 0) is 42.7 Å². The number of carbonyl (C=O) groups is 1. The first-order valence-electron chi connectivity index (χ1n) is 9.84. The van der Waals surface area contributed by atoms with Crippen molar-refractivity contribution in [2.24, 2.45) is 10.9 Å². The van der Waals surface area contributed by atoms with E-state index < -0.39 is 29.0 Å². The first kappa shape index (κ1) is 27.5. The van der Waals surface area contributed by atoms with Crippen LogP contribution in [0.25, 0.3) is 0 Å². The van der Waals surface area contributed by atoms with Gasteiger partial charge in [0, 0.05) is 7.05 Å². The van der Waals surface area contributed by atoms with Gasteiger partial charge in [0.1, 0.15) is 5.75 Å². The van der Waals surface area contributed by atoms with Crippen LogP contribution in [-0.2, 0) is 4.79 Å². The molecule has 1 amide bonds. The quantitative estimate of drug-likeness (QED) is 0.189. The average Bonchev–Trinajstić information content (AvgIpc) is 2.75. The second kappa shape index (κ2) is 13.1. The first-order valence-corrected chi connectivity index (χ1v) is 9.84. The molecule has 0 aliphatic heterocycles. The van der Waals surface area contributed by atoms with E-state index in [0.717, 1.165) is 23.4 Å². The minimum absolute atomic E-state index is 0. The summed E-state index contributed by atoms with van der Waals surface area (Å²) in [4.78, 5) is 16.1. The van der Waals surface area contributed by atoms with E-state index in [2.05, 4.69) is 34.8 Å². The Morgan fingerprint density at radius 1 is 1.03 bits per heavy atom. The van der Waals surface area contributed by atoms with Crippen molar-refractivity contribution < 1.29 is 22.7 Å². The summed E-state index contributed by atoms with van der Waals surface area (Å²) in [5, 5.41) is 8.11. The van der Waals surface area contributed by atoms with Crippen LogP contribution in [0.4, 0.5) is 18.9 Å². The first-order chi connectivity index (χ1) is 14.7. The summed E-state index contributed by atoms with van der Waals surface area (Å²) >= 11 is 0. The Balaban J connectivity index is 0.00000512. The highest BCUT2D eigenvalue weighted by atomic mass is 127. The van der Waals surface area contributed by atoms with Gasteiger partial charge in [0.05, 0.1) is 24.9 Å². The molecule has 1 atom stereocenters. The Morgan fingerprint density at radius 2 is 1.69 bits per heavy atom. The second-order valence-corrected chi connectivity index (χ2v) is 7.34. The zero-order chi connectivity index (χ0) is 23.0. The fourth-order valence-corrected chi connectivity index (χ4v) is 2.58. The Bertz CT molecular complexity index is 924. The number of hydrogen-bond acceptors (Lipinski definition) is 3. The average molecular weight is 564 g/mol. The SMILES string of the molecule is CN=C(NCC(=O)Nc1ccc(F)c(F)c1F)NC(C)c1ccc(OCC(C)C)cc1.I. The zero-order valence-corrected chi connectivity index (χ0v) is 20.7. The molecule has 0 fully saturated rings. The lowest BCUT2D eigenvalue weighted by atomic mass is 10.1. The summed E-state index contributed by atoms with van der Waals surface area (Å²) in [6.45, 7) is 6.46. The predicted molar refractivity (Wildman–Crippen MR) is 130 cm³/mol. The van der Waals surface area contributed by atoms with Crippen molar-refractivity contribution in [1.29, 1.82) is 0 Å². The maximum Gasteiger partial charge on any atom is 0.243 e. The third-order valence-corrected chi connectivity index (χ3v) is 4.27. The minimum atomic E-state index is -1.64. The fourth-order valence-electron chi connectivity index (χ4n) is 2.58. The highest BCUT2D eigenvalue weighted by molar-refractivity contribution is 14.0. The molecule has 0 aliphatic carbocycles. The van der Waals surface area contributed by atoms with Crippen LogP contribution >= 0.6 is 24.0 Å². The highest BCUT2D eigenvalue weighted by Gasteiger charge is 2.16. The molecule has 0 radical (unpaired) electrons. The molecule has 2 aromatic carbocycles. The van der Waals surface area contributed by atoms with E-state index >= 15 is 0 Å². The van der Waals surface area contributed by atoms with Gasteiger partial charge in [-0.15, -0.1) is 24.0 Å². The van der Waals surface area contributed by atoms with Gasteiger partial charge in [0.2, 0.25) is 5.91 Å². The van der Waals surface area contributed by atoms with Gasteiger partial charge in [0.25, 0.3) is 0 Å². The molecule has 1 unspecified atom stereocenters. The van der Waals surface area contributed by atoms with Crippen molar-refractivity contribution in [3.05, 3.63) is 59.4 Å². The number of halogens is 4. The van der Waals surface area contributed by atoms with Crippen molar-refractivity contribution in [3.63, 3.8) is 0 Å². The smallest absolute Gasteiger partial charge is 0.243 e. The molecule has 0 heterocycles. The number of amides is 1. The lowest BCUT2D eigenvalue weighted by Crippen LogP contribution is -2.42. The summed E-state index contributed by atoms with van der Waals surface area (Å²) in [5.74, 6) is -3.51. The number of hydrogen-bond donors (Lipinski definition) is 3. The molecule has 0 aliphatic rings. The minimum Gasteiger partial charge on any atom is -0.493 e. The molecule has 0 aromatic heterocycles. The summed E-state index contributed by atoms with van der Waals surface area (Å²) in [5.41, 5.74) is 0.537. The van der Waals surface area contributed by atoms with E-state index in [4.69, 9.17) is 4.74 Å². The van der Waals surface area contributed by atoms with E-state index in [-0.39, 0.29) is 36.6 Å². The second-order valence-electron chi connectivity index (χ2n) is 7.34. The van der Waals surface area contributed by atoms with Crippen LogP contribution in [0, 0.1) is 23.4 Å². The molecule has 10 heteroatoms. The summed E-state index contributed by atoms with van der Waals surface area (Å²) in [6, 6.07) is 9.19. The molecular weight excluding hydrogens is 536 g/mol. The topological polar surface area (TPSA) is 74.8 Å². The van der Waals surface area contributed by atoms with Crippen LogP contribution in [0.2, 0.25) is 0 Å². The van der Waals surface area contributed by atoms with Gasteiger partial charge in [0.15, 0.2) is 23.4 Å². The maximum absolute atomic E-state index is 13.7. The number of ether oxygens (including phenoxy) is 1. The number of carbonyl (C=O) groups excluding carboxylic acids is 1. The Kier molecular flexibility index (Phi) is 11.3. The van der Waals surface area contributed by atoms with E-state index in [1.165, 1.54) is 7.05 Å². The lowest BCUT2D eigenvalue weighted by Gasteiger charge is -2.19. The summed E-state index contributed by atoms with van der Waals surface area (Å²) in [6.07, 6.45) is 0. The van der Waals surface area contributed by atoms with E-state index in [9.17, 15) is 18.0 Å². The fraction of sp³-hybridized carbons (Fsp3) is 0.364. The largest absolute Gasteiger partial charge is 0.493 e. The molecule has 3 N–H and O–H groups in total. The van der Waals surface area contributed by atoms with Gasteiger partial charge in [-0.3, -0.25) is 9.79 Å².